The van der Waals surface area contributed by atoms with Crippen LogP contribution in [0.3, 0.4) is 0 Å². The van der Waals surface area contributed by atoms with Gasteiger partial charge in [0.25, 0.3) is 0 Å². The van der Waals surface area contributed by atoms with Crippen molar-refractivity contribution in [3.05, 3.63) is 35.9 Å². The van der Waals surface area contributed by atoms with Gasteiger partial charge >= 0.3 is 0 Å². The van der Waals surface area contributed by atoms with E-state index < -0.39 is 0 Å². The summed E-state index contributed by atoms with van der Waals surface area (Å²) in [5, 5.41) is 0. The Labute approximate surface area is 117 Å². The zero-order valence-electron chi connectivity index (χ0n) is 12.0. The molecule has 1 aromatic carbocycles. The smallest absolute Gasteiger partial charge is 0.0210 e. The molecule has 0 aromatic heterocycles. The van der Waals surface area contributed by atoms with Crippen LogP contribution in [0.5, 0.6) is 0 Å². The van der Waals surface area contributed by atoms with Gasteiger partial charge in [0.1, 0.15) is 0 Å². The summed E-state index contributed by atoms with van der Waals surface area (Å²) >= 11 is 0. The molecular formula is C17H28N2. The molecule has 1 aromatic rings. The molecule has 1 atom stereocenters. The van der Waals surface area contributed by atoms with E-state index in [-0.39, 0.29) is 0 Å². The number of benzene rings is 1. The van der Waals surface area contributed by atoms with Crippen LogP contribution in [0.25, 0.3) is 0 Å². The van der Waals surface area contributed by atoms with Gasteiger partial charge in [0.05, 0.1) is 0 Å². The summed E-state index contributed by atoms with van der Waals surface area (Å²) in [6, 6.07) is 11.2. The number of nitrogens with one attached hydrogen (secondary N) is 1. The average Bonchev–Trinajstić information content (AvgIpc) is 2.97. The van der Waals surface area contributed by atoms with Gasteiger partial charge in [-0.15, -0.1) is 0 Å². The molecule has 106 valence electrons. The van der Waals surface area contributed by atoms with E-state index in [1.807, 2.05) is 0 Å². The zero-order valence-corrected chi connectivity index (χ0v) is 12.0. The molecule has 1 unspecified atom stereocenters. The third-order valence-electron chi connectivity index (χ3n) is 4.49. The van der Waals surface area contributed by atoms with E-state index in [0.29, 0.717) is 6.04 Å². The van der Waals surface area contributed by atoms with Gasteiger partial charge in [-0.1, -0.05) is 56.0 Å². The van der Waals surface area contributed by atoms with Crippen molar-refractivity contribution in [3.63, 3.8) is 0 Å². The lowest BCUT2D eigenvalue weighted by molar-refractivity contribution is 0.388. The van der Waals surface area contributed by atoms with Crippen molar-refractivity contribution in [1.29, 1.82) is 0 Å². The first kappa shape index (κ1) is 14.5. The monoisotopic (exact) mass is 260 g/mol. The molecular weight excluding hydrogens is 232 g/mol. The maximum absolute atomic E-state index is 5.69. The lowest BCUT2D eigenvalue weighted by atomic mass is 9.95. The minimum atomic E-state index is 0.504. The van der Waals surface area contributed by atoms with Crippen molar-refractivity contribution < 1.29 is 0 Å². The molecule has 1 aliphatic rings. The van der Waals surface area contributed by atoms with E-state index in [0.717, 1.165) is 5.92 Å². The Balaban J connectivity index is 1.61. The van der Waals surface area contributed by atoms with E-state index in [9.17, 15) is 0 Å². The highest BCUT2D eigenvalue weighted by molar-refractivity contribution is 5.14. The molecule has 0 aliphatic heterocycles. The van der Waals surface area contributed by atoms with E-state index >= 15 is 0 Å². The highest BCUT2D eigenvalue weighted by Crippen LogP contribution is 2.29. The van der Waals surface area contributed by atoms with Crippen LogP contribution in [-0.4, -0.2) is 6.04 Å². The lowest BCUT2D eigenvalue weighted by Gasteiger charge is -2.18. The van der Waals surface area contributed by atoms with Crippen molar-refractivity contribution in [2.24, 2.45) is 11.8 Å². The number of rotatable bonds is 8. The highest BCUT2D eigenvalue weighted by atomic mass is 15.2. The molecule has 0 radical (unpaired) electrons. The minimum absolute atomic E-state index is 0.504. The molecule has 1 aliphatic carbocycles. The summed E-state index contributed by atoms with van der Waals surface area (Å²) in [7, 11) is 0. The van der Waals surface area contributed by atoms with Gasteiger partial charge in [-0.25, -0.2) is 0 Å². The third-order valence-corrected chi connectivity index (χ3v) is 4.49. The summed E-state index contributed by atoms with van der Waals surface area (Å²) < 4.78 is 0. The van der Waals surface area contributed by atoms with E-state index in [1.54, 1.807) is 0 Å². The van der Waals surface area contributed by atoms with Crippen LogP contribution in [0.2, 0.25) is 0 Å². The lowest BCUT2D eigenvalue weighted by Crippen LogP contribution is -2.35. The maximum atomic E-state index is 5.69. The summed E-state index contributed by atoms with van der Waals surface area (Å²) in [4.78, 5) is 0. The summed E-state index contributed by atoms with van der Waals surface area (Å²) in [6.45, 7) is 0. The fourth-order valence-electron chi connectivity index (χ4n) is 3.24. The van der Waals surface area contributed by atoms with Crippen LogP contribution in [-0.2, 0) is 6.42 Å². The Morgan fingerprint density at radius 3 is 2.53 bits per heavy atom. The van der Waals surface area contributed by atoms with Crippen molar-refractivity contribution in [1.82, 2.24) is 5.43 Å². The van der Waals surface area contributed by atoms with E-state index in [2.05, 4.69) is 35.8 Å². The van der Waals surface area contributed by atoms with Gasteiger partial charge < -0.3 is 0 Å². The second kappa shape index (κ2) is 8.34. The van der Waals surface area contributed by atoms with Gasteiger partial charge in [0.15, 0.2) is 0 Å². The summed E-state index contributed by atoms with van der Waals surface area (Å²) in [5.74, 6) is 6.66. The molecule has 0 bridgehead atoms. The van der Waals surface area contributed by atoms with E-state index in [1.165, 1.54) is 63.4 Å². The van der Waals surface area contributed by atoms with Crippen LogP contribution in [0.4, 0.5) is 0 Å². The molecule has 0 spiro atoms. The molecule has 2 rings (SSSR count). The fraction of sp³-hybridized carbons (Fsp3) is 0.647. The first-order chi connectivity index (χ1) is 9.38. The largest absolute Gasteiger partial charge is 0.271 e. The van der Waals surface area contributed by atoms with Gasteiger partial charge in [0.2, 0.25) is 0 Å². The normalized spacial score (nSPS) is 17.7. The van der Waals surface area contributed by atoms with Crippen molar-refractivity contribution in [3.8, 4) is 0 Å². The SMILES string of the molecule is NNC(CCCc1ccccc1)CCC1CCCC1. The molecule has 2 nitrogen and oxygen atoms in total. The molecule has 2 heteroatoms. The number of nitrogens with two attached hydrogens (primary N) is 1. The Morgan fingerprint density at radius 2 is 1.84 bits per heavy atom. The zero-order chi connectivity index (χ0) is 13.3. The molecule has 19 heavy (non-hydrogen) atoms. The third kappa shape index (κ3) is 5.33. The molecule has 1 fully saturated rings. The van der Waals surface area contributed by atoms with Crippen molar-refractivity contribution in [2.75, 3.05) is 0 Å². The quantitative estimate of drug-likeness (QED) is 0.551. The molecule has 0 saturated heterocycles. The molecule has 1 saturated carbocycles. The van der Waals surface area contributed by atoms with Crippen molar-refractivity contribution >= 4 is 0 Å². The van der Waals surface area contributed by atoms with Crippen LogP contribution in [0.1, 0.15) is 56.9 Å². The van der Waals surface area contributed by atoms with Crippen LogP contribution in [0, 0.1) is 5.92 Å². The minimum Gasteiger partial charge on any atom is -0.271 e. The summed E-state index contributed by atoms with van der Waals surface area (Å²) in [6.07, 6.45) is 12.0. The number of aryl methyl sites for hydroxylation is 1. The highest BCUT2D eigenvalue weighted by Gasteiger charge is 2.16. The maximum Gasteiger partial charge on any atom is 0.0210 e. The van der Waals surface area contributed by atoms with Gasteiger partial charge in [-0.2, -0.15) is 0 Å². The van der Waals surface area contributed by atoms with Gasteiger partial charge in [-0.05, 0) is 43.6 Å². The van der Waals surface area contributed by atoms with Gasteiger partial charge in [-0.3, -0.25) is 11.3 Å². The van der Waals surface area contributed by atoms with Crippen molar-refractivity contribution in [2.45, 2.75) is 63.8 Å². The van der Waals surface area contributed by atoms with E-state index in [4.69, 9.17) is 5.84 Å². The number of hydrogen-bond donors (Lipinski definition) is 2. The predicted molar refractivity (Wildman–Crippen MR) is 81.7 cm³/mol. The molecule has 3 N–H and O–H groups in total. The second-order valence-corrected chi connectivity index (χ2v) is 5.97. The summed E-state index contributed by atoms with van der Waals surface area (Å²) in [5.41, 5.74) is 4.45. The molecule has 0 heterocycles. The second-order valence-electron chi connectivity index (χ2n) is 5.97. The Kier molecular flexibility index (Phi) is 6.38. The topological polar surface area (TPSA) is 38.0 Å². The fourth-order valence-corrected chi connectivity index (χ4v) is 3.24. The number of hydrogen-bond acceptors (Lipinski definition) is 2. The van der Waals surface area contributed by atoms with Crippen LogP contribution < -0.4 is 11.3 Å². The Bertz CT molecular complexity index is 330. The van der Waals surface area contributed by atoms with Gasteiger partial charge in [0, 0.05) is 6.04 Å². The standard InChI is InChI=1S/C17H28N2/c18-19-17(14-13-16-9-4-5-10-16)12-6-11-15-7-2-1-3-8-15/h1-3,7-8,16-17,19H,4-6,9-14,18H2. The Morgan fingerprint density at radius 1 is 1.11 bits per heavy atom. The Hall–Kier alpha value is -0.860. The first-order valence-corrected chi connectivity index (χ1v) is 7.88. The first-order valence-electron chi connectivity index (χ1n) is 7.88. The van der Waals surface area contributed by atoms with Crippen LogP contribution >= 0.6 is 0 Å². The van der Waals surface area contributed by atoms with Crippen LogP contribution in [0.15, 0.2) is 30.3 Å². The number of hydrazine groups is 1. The average molecular weight is 260 g/mol. The molecule has 0 amide bonds. The predicted octanol–water partition coefficient (Wildman–Crippen LogP) is 3.81.